The number of carbonyl (C=O) groups excluding carboxylic acids is 1. The molecule has 0 spiro atoms. The average Bonchev–Trinajstić information content (AvgIpc) is 3.05. The Morgan fingerprint density at radius 3 is 2.50 bits per heavy atom. The summed E-state index contributed by atoms with van der Waals surface area (Å²) in [5.74, 6) is 1.05. The van der Waals surface area contributed by atoms with Crippen LogP contribution in [0.25, 0.3) is 0 Å². The van der Waals surface area contributed by atoms with Crippen molar-refractivity contribution in [3.8, 4) is 0 Å². The minimum Gasteiger partial charge on any atom is -0.356 e. The molecule has 3 aromatic rings. The molecule has 34 heavy (non-hydrogen) atoms. The summed E-state index contributed by atoms with van der Waals surface area (Å²) in [6.45, 7) is 3.13. The van der Waals surface area contributed by atoms with Crippen LogP contribution in [-0.2, 0) is 6.42 Å². The lowest BCUT2D eigenvalue weighted by molar-refractivity contribution is 0.112. The van der Waals surface area contributed by atoms with Crippen LogP contribution in [0.3, 0.4) is 0 Å². The molecule has 0 amide bonds. The summed E-state index contributed by atoms with van der Waals surface area (Å²) in [6, 6.07) is 22.2. The van der Waals surface area contributed by atoms with Gasteiger partial charge in [0.05, 0.1) is 5.69 Å². The van der Waals surface area contributed by atoms with Gasteiger partial charge in [-0.05, 0) is 75.2 Å². The number of piperidine rings is 1. The first-order chi connectivity index (χ1) is 16.7. The van der Waals surface area contributed by atoms with Crippen LogP contribution in [-0.4, -0.2) is 43.7 Å². The first-order valence-electron chi connectivity index (χ1n) is 11.8. The number of amidine groups is 1. The summed E-state index contributed by atoms with van der Waals surface area (Å²) in [7, 11) is 1.95. The van der Waals surface area contributed by atoms with Crippen molar-refractivity contribution in [1.29, 1.82) is 0 Å². The zero-order valence-corrected chi connectivity index (χ0v) is 21.0. The molecular formula is C28H30ClN3OS. The van der Waals surface area contributed by atoms with Crippen molar-refractivity contribution in [3.63, 3.8) is 0 Å². The Bertz CT molecular complexity index is 1140. The molecule has 1 saturated heterocycles. The Labute approximate surface area is 211 Å². The number of nitrogens with one attached hydrogen (secondary N) is 1. The summed E-state index contributed by atoms with van der Waals surface area (Å²) in [4.78, 5) is 20.8. The Hall–Kier alpha value is -2.60. The van der Waals surface area contributed by atoms with Gasteiger partial charge in [-0.2, -0.15) is 0 Å². The molecule has 1 fully saturated rings. The van der Waals surface area contributed by atoms with Gasteiger partial charge in [0.1, 0.15) is 12.1 Å². The highest BCUT2D eigenvalue weighted by Gasteiger charge is 2.23. The third-order valence-electron chi connectivity index (χ3n) is 5.93. The highest BCUT2D eigenvalue weighted by atomic mass is 35.5. The zero-order valence-electron chi connectivity index (χ0n) is 19.5. The van der Waals surface area contributed by atoms with Crippen LogP contribution >= 0.6 is 23.4 Å². The van der Waals surface area contributed by atoms with Crippen LogP contribution in [0.2, 0.25) is 5.02 Å². The molecule has 176 valence electrons. The molecule has 0 radical (unpaired) electrons. The van der Waals surface area contributed by atoms with Gasteiger partial charge in [-0.25, -0.2) is 4.99 Å². The van der Waals surface area contributed by atoms with Crippen molar-refractivity contribution in [2.75, 3.05) is 26.7 Å². The van der Waals surface area contributed by atoms with Gasteiger partial charge < -0.3 is 10.2 Å². The van der Waals surface area contributed by atoms with E-state index >= 15 is 0 Å². The van der Waals surface area contributed by atoms with Crippen molar-refractivity contribution < 1.29 is 4.79 Å². The number of aliphatic imine (C=N–C) groups is 1. The number of benzene rings is 3. The number of likely N-dealkylation sites (N-methyl/N-ethyl adjacent to an activating group) is 1. The first-order valence-corrected chi connectivity index (χ1v) is 13.0. The van der Waals surface area contributed by atoms with Crippen molar-refractivity contribution >= 4 is 41.2 Å². The van der Waals surface area contributed by atoms with E-state index in [-0.39, 0.29) is 0 Å². The number of hydrogen-bond acceptors (Lipinski definition) is 5. The molecule has 1 N–H and O–H groups in total. The molecule has 5 rings (SSSR count). The highest BCUT2D eigenvalue weighted by Crippen LogP contribution is 2.41. The van der Waals surface area contributed by atoms with Crippen LogP contribution < -0.4 is 5.32 Å². The maximum Gasteiger partial charge on any atom is 0.150 e. The number of aldehydes is 1. The lowest BCUT2D eigenvalue weighted by atomic mass is 10.1. The summed E-state index contributed by atoms with van der Waals surface area (Å²) < 4.78 is 0. The second kappa shape index (κ2) is 12.2. The molecule has 0 aliphatic carbocycles. The first kappa shape index (κ1) is 24.5. The number of hydrogen-bond donors (Lipinski definition) is 1. The molecule has 0 aromatic heterocycles. The summed E-state index contributed by atoms with van der Waals surface area (Å²) in [6.07, 6.45) is 5.68. The van der Waals surface area contributed by atoms with E-state index in [1.165, 1.54) is 35.3 Å². The van der Waals surface area contributed by atoms with E-state index in [1.54, 1.807) is 11.8 Å². The van der Waals surface area contributed by atoms with E-state index < -0.39 is 0 Å². The standard InChI is InChI=1S/C19H18N2OS.C9H12ClN/c22-13-14-8-9-18-16(12-14)20-19(21-10-4-1-5-11-21)15-6-2-3-7-17(15)23-18;1-11-7-6-8-2-4-9(10)5-3-8/h2-3,6-9,12-13H,1,4-5,10-11H2;2-5,11H,6-7H2,1H3. The Morgan fingerprint density at radius 1 is 1.00 bits per heavy atom. The minimum atomic E-state index is 0.678. The largest absolute Gasteiger partial charge is 0.356 e. The number of halogens is 1. The fourth-order valence-corrected chi connectivity index (χ4v) is 5.21. The maximum absolute atomic E-state index is 11.1. The molecule has 0 saturated carbocycles. The van der Waals surface area contributed by atoms with Gasteiger partial charge in [0.2, 0.25) is 0 Å². The van der Waals surface area contributed by atoms with Gasteiger partial charge in [-0.3, -0.25) is 4.79 Å². The highest BCUT2D eigenvalue weighted by molar-refractivity contribution is 7.99. The summed E-state index contributed by atoms with van der Waals surface area (Å²) in [5.41, 5.74) is 4.10. The van der Waals surface area contributed by atoms with Crippen molar-refractivity contribution in [3.05, 3.63) is 88.4 Å². The molecule has 4 nitrogen and oxygen atoms in total. The number of fused-ring (bicyclic) bond motifs is 2. The fraction of sp³-hybridized carbons (Fsp3) is 0.286. The van der Waals surface area contributed by atoms with Crippen molar-refractivity contribution in [2.24, 2.45) is 4.99 Å². The van der Waals surface area contributed by atoms with E-state index in [9.17, 15) is 4.79 Å². The predicted molar refractivity (Wildman–Crippen MR) is 143 cm³/mol. The maximum atomic E-state index is 11.1. The monoisotopic (exact) mass is 491 g/mol. The van der Waals surface area contributed by atoms with Crippen LogP contribution in [0.15, 0.2) is 81.5 Å². The molecule has 2 heterocycles. The Balaban J connectivity index is 0.000000210. The molecular weight excluding hydrogens is 462 g/mol. The smallest absolute Gasteiger partial charge is 0.150 e. The second-order valence-electron chi connectivity index (χ2n) is 8.41. The van der Waals surface area contributed by atoms with Crippen LogP contribution in [0.5, 0.6) is 0 Å². The Morgan fingerprint density at radius 2 is 1.76 bits per heavy atom. The Kier molecular flexibility index (Phi) is 8.80. The zero-order chi connectivity index (χ0) is 23.8. The van der Waals surface area contributed by atoms with Gasteiger partial charge >= 0.3 is 0 Å². The lowest BCUT2D eigenvalue weighted by Crippen LogP contribution is -2.36. The molecule has 0 bridgehead atoms. The van der Waals surface area contributed by atoms with E-state index in [1.807, 2.05) is 37.4 Å². The number of likely N-dealkylation sites (tertiary alicyclic amines) is 1. The average molecular weight is 492 g/mol. The van der Waals surface area contributed by atoms with Gasteiger partial charge in [0.15, 0.2) is 0 Å². The number of carbonyl (C=O) groups is 1. The minimum absolute atomic E-state index is 0.678. The SMILES string of the molecule is CNCCc1ccc(Cl)cc1.O=Cc1ccc2c(c1)N=C(N1CCCCC1)c1ccccc1S2. The van der Waals surface area contributed by atoms with Gasteiger partial charge in [-0.1, -0.05) is 59.8 Å². The molecule has 2 aliphatic rings. The van der Waals surface area contributed by atoms with Crippen molar-refractivity contribution in [1.82, 2.24) is 10.2 Å². The molecule has 0 atom stereocenters. The normalized spacial score (nSPS) is 14.6. The molecule has 2 aliphatic heterocycles. The second-order valence-corrected chi connectivity index (χ2v) is 9.93. The summed E-state index contributed by atoms with van der Waals surface area (Å²) in [5, 5.41) is 3.90. The van der Waals surface area contributed by atoms with Crippen molar-refractivity contribution in [2.45, 2.75) is 35.5 Å². The van der Waals surface area contributed by atoms with Crippen LogP contribution in [0.1, 0.15) is 40.7 Å². The lowest BCUT2D eigenvalue weighted by Gasteiger charge is -2.30. The summed E-state index contributed by atoms with van der Waals surface area (Å²) >= 11 is 7.46. The van der Waals surface area contributed by atoms with E-state index in [0.717, 1.165) is 53.8 Å². The van der Waals surface area contributed by atoms with Gasteiger partial charge in [-0.15, -0.1) is 0 Å². The number of nitrogens with zero attached hydrogens (tertiary/aromatic N) is 2. The van der Waals surface area contributed by atoms with E-state index in [0.29, 0.717) is 5.56 Å². The quantitative estimate of drug-likeness (QED) is 0.416. The molecule has 0 unspecified atom stereocenters. The van der Waals surface area contributed by atoms with Crippen LogP contribution in [0.4, 0.5) is 5.69 Å². The third-order valence-corrected chi connectivity index (χ3v) is 7.32. The van der Waals surface area contributed by atoms with Crippen LogP contribution in [0, 0.1) is 0 Å². The van der Waals surface area contributed by atoms with E-state index in [2.05, 4.69) is 46.6 Å². The number of rotatable bonds is 4. The molecule has 3 aromatic carbocycles. The van der Waals surface area contributed by atoms with E-state index in [4.69, 9.17) is 16.6 Å². The topological polar surface area (TPSA) is 44.7 Å². The third kappa shape index (κ3) is 6.29. The molecule has 6 heteroatoms. The predicted octanol–water partition coefficient (Wildman–Crippen LogP) is 6.63. The van der Waals surface area contributed by atoms with Gasteiger partial charge in [0.25, 0.3) is 0 Å². The fourth-order valence-electron chi connectivity index (χ4n) is 4.08. The van der Waals surface area contributed by atoms with Gasteiger partial charge in [0, 0.05) is 39.0 Å².